The van der Waals surface area contributed by atoms with E-state index in [4.69, 9.17) is 32.4 Å². The van der Waals surface area contributed by atoms with Crippen LogP contribution >= 0.6 is 23.2 Å². The number of nitrogens with one attached hydrogen (secondary N) is 2. The number of halogens is 2. The Morgan fingerprint density at radius 3 is 2.39 bits per heavy atom. The molecular weight excluding hydrogens is 347 g/mol. The van der Waals surface area contributed by atoms with Gasteiger partial charge in [-0.25, -0.2) is 4.79 Å². The standard InChI is InChI=1S/C14H10Cl2N2O5/c15-9-4-8(5-10(16)6-9)14(21)23-7-12(19)17-18-13(20)11-2-1-3-22-11/h1-6H,7H2,(H,17,19)(H,18,20). The predicted molar refractivity (Wildman–Crippen MR) is 81.1 cm³/mol. The van der Waals surface area contributed by atoms with E-state index >= 15 is 0 Å². The number of hydrogen-bond acceptors (Lipinski definition) is 5. The summed E-state index contributed by atoms with van der Waals surface area (Å²) in [5.41, 5.74) is 4.28. The second-order valence-electron chi connectivity index (χ2n) is 4.21. The second-order valence-corrected chi connectivity index (χ2v) is 5.09. The zero-order chi connectivity index (χ0) is 16.8. The maximum Gasteiger partial charge on any atom is 0.338 e. The second kappa shape index (κ2) is 7.66. The average molecular weight is 357 g/mol. The number of furan rings is 1. The highest BCUT2D eigenvalue weighted by atomic mass is 35.5. The molecule has 1 aromatic heterocycles. The summed E-state index contributed by atoms with van der Waals surface area (Å²) in [5.74, 6) is -2.12. The molecule has 2 rings (SSSR count). The molecule has 0 unspecified atom stereocenters. The molecule has 0 radical (unpaired) electrons. The summed E-state index contributed by atoms with van der Waals surface area (Å²) in [7, 11) is 0. The molecule has 0 fully saturated rings. The van der Waals surface area contributed by atoms with E-state index < -0.39 is 24.4 Å². The first-order valence-electron chi connectivity index (χ1n) is 6.21. The van der Waals surface area contributed by atoms with Gasteiger partial charge in [-0.1, -0.05) is 23.2 Å². The number of ether oxygens (including phenoxy) is 1. The lowest BCUT2D eigenvalue weighted by Crippen LogP contribution is -2.43. The molecule has 1 aromatic carbocycles. The Bertz CT molecular complexity index is 711. The van der Waals surface area contributed by atoms with Gasteiger partial charge in [-0.2, -0.15) is 0 Å². The Balaban J connectivity index is 1.79. The predicted octanol–water partition coefficient (Wildman–Crippen LogP) is 2.20. The van der Waals surface area contributed by atoms with E-state index in [-0.39, 0.29) is 21.4 Å². The van der Waals surface area contributed by atoms with E-state index in [1.54, 1.807) is 0 Å². The maximum absolute atomic E-state index is 11.8. The summed E-state index contributed by atoms with van der Waals surface area (Å²) in [6, 6.07) is 7.11. The van der Waals surface area contributed by atoms with Crippen LogP contribution in [0.4, 0.5) is 0 Å². The van der Waals surface area contributed by atoms with Gasteiger partial charge in [0.15, 0.2) is 12.4 Å². The van der Waals surface area contributed by atoms with Gasteiger partial charge in [-0.05, 0) is 30.3 Å². The SMILES string of the molecule is O=C(COC(=O)c1cc(Cl)cc(Cl)c1)NNC(=O)c1ccco1. The molecular formula is C14H10Cl2N2O5. The molecule has 0 aliphatic carbocycles. The minimum atomic E-state index is -0.776. The number of carbonyl (C=O) groups is 3. The van der Waals surface area contributed by atoms with Crippen molar-refractivity contribution < 1.29 is 23.5 Å². The smallest absolute Gasteiger partial charge is 0.338 e. The van der Waals surface area contributed by atoms with E-state index in [1.807, 2.05) is 0 Å². The Labute approximate surface area is 140 Å². The molecule has 2 aromatic rings. The monoisotopic (exact) mass is 356 g/mol. The van der Waals surface area contributed by atoms with Gasteiger partial charge in [0.1, 0.15) is 0 Å². The fourth-order valence-electron chi connectivity index (χ4n) is 1.52. The number of hydrazine groups is 1. The van der Waals surface area contributed by atoms with Crippen molar-refractivity contribution in [3.8, 4) is 0 Å². The van der Waals surface area contributed by atoms with Gasteiger partial charge in [0.25, 0.3) is 5.91 Å². The summed E-state index contributed by atoms with van der Waals surface area (Å²) >= 11 is 11.5. The van der Waals surface area contributed by atoms with E-state index in [0.717, 1.165) is 0 Å². The largest absolute Gasteiger partial charge is 0.459 e. The highest BCUT2D eigenvalue weighted by Crippen LogP contribution is 2.19. The van der Waals surface area contributed by atoms with Crippen LogP contribution in [0.1, 0.15) is 20.9 Å². The van der Waals surface area contributed by atoms with Crippen molar-refractivity contribution in [3.63, 3.8) is 0 Å². The molecule has 0 spiro atoms. The molecule has 7 nitrogen and oxygen atoms in total. The van der Waals surface area contributed by atoms with E-state index in [9.17, 15) is 14.4 Å². The quantitative estimate of drug-likeness (QED) is 0.646. The third-order valence-electron chi connectivity index (χ3n) is 2.49. The molecule has 0 bridgehead atoms. The van der Waals surface area contributed by atoms with Gasteiger partial charge >= 0.3 is 11.9 Å². The first-order valence-corrected chi connectivity index (χ1v) is 6.97. The van der Waals surface area contributed by atoms with Crippen LogP contribution in [0.15, 0.2) is 41.0 Å². The number of rotatable bonds is 4. The normalized spacial score (nSPS) is 10.0. The van der Waals surface area contributed by atoms with Crippen LogP contribution in [0, 0.1) is 0 Å². The molecule has 2 N–H and O–H groups in total. The lowest BCUT2D eigenvalue weighted by molar-refractivity contribution is -0.125. The lowest BCUT2D eigenvalue weighted by atomic mass is 10.2. The highest BCUT2D eigenvalue weighted by Gasteiger charge is 2.13. The lowest BCUT2D eigenvalue weighted by Gasteiger charge is -2.07. The molecule has 2 amide bonds. The Morgan fingerprint density at radius 1 is 1.09 bits per heavy atom. The zero-order valence-corrected chi connectivity index (χ0v) is 13.0. The molecule has 9 heteroatoms. The van der Waals surface area contributed by atoms with Crippen molar-refractivity contribution in [3.05, 3.63) is 58.0 Å². The molecule has 0 aliphatic rings. The number of esters is 1. The summed E-state index contributed by atoms with van der Waals surface area (Å²) < 4.78 is 9.61. The van der Waals surface area contributed by atoms with Crippen molar-refractivity contribution in [2.24, 2.45) is 0 Å². The molecule has 0 saturated heterocycles. The van der Waals surface area contributed by atoms with Crippen LogP contribution in [-0.4, -0.2) is 24.4 Å². The van der Waals surface area contributed by atoms with Crippen LogP contribution < -0.4 is 10.9 Å². The van der Waals surface area contributed by atoms with Gasteiger partial charge in [-0.3, -0.25) is 20.4 Å². The van der Waals surface area contributed by atoms with Crippen molar-refractivity contribution >= 4 is 41.0 Å². The Kier molecular flexibility index (Phi) is 5.61. The van der Waals surface area contributed by atoms with Crippen LogP contribution in [0.2, 0.25) is 10.0 Å². The van der Waals surface area contributed by atoms with Crippen molar-refractivity contribution in [1.29, 1.82) is 0 Å². The third kappa shape index (κ3) is 5.01. The molecule has 0 saturated carbocycles. The topological polar surface area (TPSA) is 97.6 Å². The highest BCUT2D eigenvalue weighted by molar-refractivity contribution is 6.35. The summed E-state index contributed by atoms with van der Waals surface area (Å²) in [6.45, 7) is -0.596. The van der Waals surface area contributed by atoms with Gasteiger partial charge in [0, 0.05) is 10.0 Å². The number of carbonyl (C=O) groups excluding carboxylic acids is 3. The fourth-order valence-corrected chi connectivity index (χ4v) is 2.04. The maximum atomic E-state index is 11.8. The van der Waals surface area contributed by atoms with Crippen LogP contribution in [-0.2, 0) is 9.53 Å². The summed E-state index contributed by atoms with van der Waals surface area (Å²) in [5, 5.41) is 0.527. The van der Waals surface area contributed by atoms with E-state index in [2.05, 4.69) is 10.9 Å². The number of amides is 2. The van der Waals surface area contributed by atoms with E-state index in [0.29, 0.717) is 0 Å². The Morgan fingerprint density at radius 2 is 1.78 bits per heavy atom. The first-order chi connectivity index (χ1) is 11.0. The summed E-state index contributed by atoms with van der Waals surface area (Å²) in [6.07, 6.45) is 1.31. The van der Waals surface area contributed by atoms with Crippen LogP contribution in [0.3, 0.4) is 0 Å². The third-order valence-corrected chi connectivity index (χ3v) is 2.93. The molecule has 0 atom stereocenters. The molecule has 23 heavy (non-hydrogen) atoms. The zero-order valence-electron chi connectivity index (χ0n) is 11.5. The van der Waals surface area contributed by atoms with Gasteiger partial charge in [0.05, 0.1) is 11.8 Å². The van der Waals surface area contributed by atoms with Crippen molar-refractivity contribution in [2.75, 3.05) is 6.61 Å². The van der Waals surface area contributed by atoms with Crippen molar-refractivity contribution in [2.45, 2.75) is 0 Å². The molecule has 120 valence electrons. The Hall–Kier alpha value is -2.51. The number of hydrogen-bond donors (Lipinski definition) is 2. The fraction of sp³-hybridized carbons (Fsp3) is 0.0714. The minimum Gasteiger partial charge on any atom is -0.459 e. The van der Waals surface area contributed by atoms with Crippen molar-refractivity contribution in [1.82, 2.24) is 10.9 Å². The molecule has 0 aliphatic heterocycles. The van der Waals surface area contributed by atoms with Crippen LogP contribution in [0.5, 0.6) is 0 Å². The summed E-state index contributed by atoms with van der Waals surface area (Å²) in [4.78, 5) is 34.7. The minimum absolute atomic E-state index is 0.0239. The van der Waals surface area contributed by atoms with Crippen LogP contribution in [0.25, 0.3) is 0 Å². The molecule has 1 heterocycles. The van der Waals surface area contributed by atoms with Gasteiger partial charge in [0.2, 0.25) is 0 Å². The van der Waals surface area contributed by atoms with Gasteiger partial charge in [-0.15, -0.1) is 0 Å². The van der Waals surface area contributed by atoms with Gasteiger partial charge < -0.3 is 9.15 Å². The average Bonchev–Trinajstić information content (AvgIpc) is 3.03. The number of benzene rings is 1. The van der Waals surface area contributed by atoms with E-state index in [1.165, 1.54) is 36.6 Å². The first kappa shape index (κ1) is 16.9.